The highest BCUT2D eigenvalue weighted by molar-refractivity contribution is 9.10. The van der Waals surface area contributed by atoms with Crippen molar-refractivity contribution < 1.29 is 9.72 Å². The third kappa shape index (κ3) is 2.21. The summed E-state index contributed by atoms with van der Waals surface area (Å²) in [6.07, 6.45) is 1.84. The minimum Gasteiger partial charge on any atom is -0.296 e. The van der Waals surface area contributed by atoms with E-state index in [4.69, 9.17) is 0 Å². The first-order valence-electron chi connectivity index (χ1n) is 4.43. The Kier molecular flexibility index (Phi) is 2.96. The molecule has 0 N–H and O–H groups in total. The zero-order valence-corrected chi connectivity index (χ0v) is 9.86. The smallest absolute Gasteiger partial charge is 0.296 e. The van der Waals surface area contributed by atoms with Crippen LogP contribution in [0.15, 0.2) is 28.9 Å². The van der Waals surface area contributed by atoms with E-state index in [0.717, 1.165) is 0 Å². The third-order valence-corrected chi connectivity index (χ3v) is 2.51. The molecule has 0 aliphatic heterocycles. The molecule has 0 fully saturated rings. The van der Waals surface area contributed by atoms with Gasteiger partial charge in [0.2, 0.25) is 0 Å². The summed E-state index contributed by atoms with van der Waals surface area (Å²) in [5.41, 5.74) is 0.239. The summed E-state index contributed by atoms with van der Waals surface area (Å²) in [7, 11) is 0. The van der Waals surface area contributed by atoms with Crippen molar-refractivity contribution >= 4 is 27.9 Å². The Morgan fingerprint density at radius 2 is 2.24 bits per heavy atom. The lowest BCUT2D eigenvalue weighted by atomic mass is 10.3. The molecule has 7 nitrogen and oxygen atoms in total. The summed E-state index contributed by atoms with van der Waals surface area (Å²) in [4.78, 5) is 20.8. The van der Waals surface area contributed by atoms with Crippen LogP contribution in [0.2, 0.25) is 0 Å². The number of carbonyl (C=O) groups is 1. The minimum absolute atomic E-state index is 0.113. The summed E-state index contributed by atoms with van der Waals surface area (Å²) in [6.45, 7) is 0. The fraction of sp³-hybridized carbons (Fsp3) is 0. The Morgan fingerprint density at radius 1 is 1.47 bits per heavy atom. The van der Waals surface area contributed by atoms with Gasteiger partial charge in [0, 0.05) is 10.5 Å². The van der Waals surface area contributed by atoms with Crippen molar-refractivity contribution in [3.8, 4) is 5.69 Å². The standard InChI is InChI=1S/C9H5BrN4O3/c10-6-1-2-8(9(3-6)14(16)17)13-4-7(5-15)11-12-13/h1-5H. The Labute approximate surface area is 103 Å². The van der Waals surface area contributed by atoms with E-state index in [2.05, 4.69) is 26.2 Å². The van der Waals surface area contributed by atoms with Gasteiger partial charge in [-0.3, -0.25) is 14.9 Å². The summed E-state index contributed by atoms with van der Waals surface area (Å²) < 4.78 is 1.78. The number of aromatic nitrogens is 3. The van der Waals surface area contributed by atoms with Gasteiger partial charge in [0.1, 0.15) is 11.4 Å². The normalized spacial score (nSPS) is 10.2. The van der Waals surface area contributed by atoms with Crippen LogP contribution in [0.1, 0.15) is 10.5 Å². The molecule has 1 aromatic heterocycles. The van der Waals surface area contributed by atoms with Gasteiger partial charge in [0.25, 0.3) is 5.69 Å². The molecule has 17 heavy (non-hydrogen) atoms. The van der Waals surface area contributed by atoms with E-state index in [1.165, 1.54) is 23.0 Å². The van der Waals surface area contributed by atoms with Crippen molar-refractivity contribution in [1.29, 1.82) is 0 Å². The van der Waals surface area contributed by atoms with E-state index in [0.29, 0.717) is 10.8 Å². The molecule has 2 rings (SSSR count). The van der Waals surface area contributed by atoms with Gasteiger partial charge >= 0.3 is 0 Å². The highest BCUT2D eigenvalue weighted by Gasteiger charge is 2.17. The van der Waals surface area contributed by atoms with Crippen LogP contribution in [0.5, 0.6) is 0 Å². The number of rotatable bonds is 3. The molecule has 0 unspecified atom stereocenters. The molecule has 0 spiro atoms. The van der Waals surface area contributed by atoms with E-state index in [-0.39, 0.29) is 17.1 Å². The van der Waals surface area contributed by atoms with Crippen molar-refractivity contribution in [2.24, 2.45) is 0 Å². The van der Waals surface area contributed by atoms with Gasteiger partial charge in [-0.15, -0.1) is 5.10 Å². The predicted octanol–water partition coefficient (Wildman–Crippen LogP) is 1.75. The maximum Gasteiger partial charge on any atom is 0.296 e. The third-order valence-electron chi connectivity index (χ3n) is 2.01. The van der Waals surface area contributed by atoms with Gasteiger partial charge in [-0.05, 0) is 12.1 Å². The van der Waals surface area contributed by atoms with Crippen LogP contribution >= 0.6 is 15.9 Å². The minimum atomic E-state index is -0.525. The molecule has 0 aliphatic carbocycles. The molecule has 0 aliphatic rings. The number of halogens is 1. The zero-order valence-electron chi connectivity index (χ0n) is 8.28. The number of nitro groups is 1. The van der Waals surface area contributed by atoms with E-state index in [1.807, 2.05) is 0 Å². The monoisotopic (exact) mass is 296 g/mol. The first kappa shape index (κ1) is 11.4. The first-order valence-corrected chi connectivity index (χ1v) is 5.23. The number of hydrogen-bond donors (Lipinski definition) is 0. The van der Waals surface area contributed by atoms with Gasteiger partial charge in [-0.25, -0.2) is 4.68 Å². The lowest BCUT2D eigenvalue weighted by Crippen LogP contribution is -2.00. The molecule has 8 heteroatoms. The highest BCUT2D eigenvalue weighted by Crippen LogP contribution is 2.26. The van der Waals surface area contributed by atoms with Gasteiger partial charge < -0.3 is 0 Å². The van der Waals surface area contributed by atoms with Crippen LogP contribution in [0.25, 0.3) is 5.69 Å². The van der Waals surface area contributed by atoms with E-state index in [1.54, 1.807) is 6.07 Å². The Hall–Kier alpha value is -2.09. The second-order valence-corrected chi connectivity index (χ2v) is 4.01. The lowest BCUT2D eigenvalue weighted by molar-refractivity contribution is -0.384. The number of nitro benzene ring substituents is 1. The molecular formula is C9H5BrN4O3. The van der Waals surface area contributed by atoms with Gasteiger partial charge in [-0.2, -0.15) is 0 Å². The second-order valence-electron chi connectivity index (χ2n) is 3.10. The molecule has 0 amide bonds. The average molecular weight is 297 g/mol. The number of hydrogen-bond acceptors (Lipinski definition) is 5. The van der Waals surface area contributed by atoms with E-state index in [9.17, 15) is 14.9 Å². The number of nitrogens with zero attached hydrogens (tertiary/aromatic N) is 4. The fourth-order valence-electron chi connectivity index (χ4n) is 1.29. The van der Waals surface area contributed by atoms with Crippen LogP contribution in [0.3, 0.4) is 0 Å². The van der Waals surface area contributed by atoms with Crippen LogP contribution in [-0.4, -0.2) is 26.2 Å². The molecule has 0 radical (unpaired) electrons. The Balaban J connectivity index is 2.58. The largest absolute Gasteiger partial charge is 0.296 e. The fourth-order valence-corrected chi connectivity index (χ4v) is 1.63. The highest BCUT2D eigenvalue weighted by atomic mass is 79.9. The SMILES string of the molecule is O=Cc1cn(-c2ccc(Br)cc2[N+](=O)[O-])nn1. The molecule has 0 saturated heterocycles. The maximum atomic E-state index is 10.9. The molecule has 1 aromatic carbocycles. The summed E-state index contributed by atoms with van der Waals surface area (Å²) in [6, 6.07) is 4.52. The Morgan fingerprint density at radius 3 is 2.82 bits per heavy atom. The van der Waals surface area contributed by atoms with Crippen LogP contribution < -0.4 is 0 Å². The van der Waals surface area contributed by atoms with Crippen molar-refractivity contribution in [2.45, 2.75) is 0 Å². The zero-order chi connectivity index (χ0) is 12.4. The number of benzene rings is 1. The average Bonchev–Trinajstić information content (AvgIpc) is 2.77. The Bertz CT molecular complexity index is 596. The molecule has 0 atom stereocenters. The van der Waals surface area contributed by atoms with Crippen molar-refractivity contribution in [3.05, 3.63) is 44.7 Å². The van der Waals surface area contributed by atoms with Crippen LogP contribution in [-0.2, 0) is 0 Å². The number of carbonyl (C=O) groups excluding carboxylic acids is 1. The molecule has 1 heterocycles. The summed E-state index contributed by atoms with van der Waals surface area (Å²) in [5, 5.41) is 18.1. The maximum absolute atomic E-state index is 10.9. The molecular weight excluding hydrogens is 292 g/mol. The molecule has 2 aromatic rings. The molecule has 0 bridgehead atoms. The lowest BCUT2D eigenvalue weighted by Gasteiger charge is -2.01. The first-order chi connectivity index (χ1) is 8.11. The number of aldehydes is 1. The molecule has 0 saturated carbocycles. The molecule has 86 valence electrons. The summed E-state index contributed by atoms with van der Waals surface area (Å²) in [5.74, 6) is 0. The van der Waals surface area contributed by atoms with Crippen molar-refractivity contribution in [3.63, 3.8) is 0 Å². The van der Waals surface area contributed by atoms with E-state index >= 15 is 0 Å². The van der Waals surface area contributed by atoms with Gasteiger partial charge in [-0.1, -0.05) is 21.1 Å². The van der Waals surface area contributed by atoms with Crippen LogP contribution in [0.4, 0.5) is 5.69 Å². The topological polar surface area (TPSA) is 90.9 Å². The predicted molar refractivity (Wildman–Crippen MR) is 61.1 cm³/mol. The second kappa shape index (κ2) is 4.42. The van der Waals surface area contributed by atoms with Crippen molar-refractivity contribution in [2.75, 3.05) is 0 Å². The quantitative estimate of drug-likeness (QED) is 0.489. The van der Waals surface area contributed by atoms with Gasteiger partial charge in [0.05, 0.1) is 11.1 Å². The van der Waals surface area contributed by atoms with Crippen LogP contribution in [0, 0.1) is 10.1 Å². The van der Waals surface area contributed by atoms with E-state index < -0.39 is 4.92 Å². The van der Waals surface area contributed by atoms with Gasteiger partial charge in [0.15, 0.2) is 6.29 Å². The summed E-state index contributed by atoms with van der Waals surface area (Å²) >= 11 is 3.15. The van der Waals surface area contributed by atoms with Crippen molar-refractivity contribution in [1.82, 2.24) is 15.0 Å².